The zero-order chi connectivity index (χ0) is 12.6. The monoisotopic (exact) mass is 243 g/mol. The van der Waals surface area contributed by atoms with E-state index >= 15 is 0 Å². The summed E-state index contributed by atoms with van der Waals surface area (Å²) in [5.41, 5.74) is 6.27. The van der Waals surface area contributed by atoms with Gasteiger partial charge in [-0.1, -0.05) is 25.5 Å². The van der Waals surface area contributed by atoms with Crippen LogP contribution in [-0.2, 0) is 6.18 Å². The van der Waals surface area contributed by atoms with Crippen molar-refractivity contribution in [2.24, 2.45) is 11.7 Å². The lowest BCUT2D eigenvalue weighted by Crippen LogP contribution is -2.45. The van der Waals surface area contributed by atoms with Crippen molar-refractivity contribution < 1.29 is 13.2 Å². The summed E-state index contributed by atoms with van der Waals surface area (Å²) in [4.78, 5) is 0. The van der Waals surface area contributed by atoms with Crippen molar-refractivity contribution in [3.05, 3.63) is 35.4 Å². The molecule has 1 nitrogen and oxygen atoms in total. The first-order valence-electron chi connectivity index (χ1n) is 5.86. The summed E-state index contributed by atoms with van der Waals surface area (Å²) in [5, 5.41) is 0. The minimum absolute atomic E-state index is 0.201. The van der Waals surface area contributed by atoms with Gasteiger partial charge in [0.05, 0.1) is 5.56 Å². The lowest BCUT2D eigenvalue weighted by atomic mass is 9.65. The van der Waals surface area contributed by atoms with E-state index in [1.165, 1.54) is 0 Å². The third kappa shape index (κ3) is 2.32. The van der Waals surface area contributed by atoms with Crippen LogP contribution < -0.4 is 5.73 Å². The average molecular weight is 243 g/mol. The summed E-state index contributed by atoms with van der Waals surface area (Å²) in [7, 11) is 0. The van der Waals surface area contributed by atoms with Gasteiger partial charge in [0.2, 0.25) is 0 Å². The van der Waals surface area contributed by atoms with Crippen LogP contribution in [0.2, 0.25) is 0 Å². The van der Waals surface area contributed by atoms with E-state index in [1.54, 1.807) is 12.1 Å². The molecule has 1 aromatic carbocycles. The third-order valence-corrected chi connectivity index (χ3v) is 3.73. The van der Waals surface area contributed by atoms with Crippen LogP contribution in [0.5, 0.6) is 0 Å². The molecule has 0 heterocycles. The van der Waals surface area contributed by atoms with Gasteiger partial charge in [0.15, 0.2) is 0 Å². The fraction of sp³-hybridized carbons (Fsp3) is 0.538. The van der Waals surface area contributed by atoms with E-state index in [9.17, 15) is 13.2 Å². The molecule has 0 aromatic heterocycles. The molecule has 4 heteroatoms. The Hall–Kier alpha value is -1.03. The summed E-state index contributed by atoms with van der Waals surface area (Å²) in [6, 6.07) is 5.69. The number of nitrogens with two attached hydrogens (primary N) is 1. The van der Waals surface area contributed by atoms with E-state index in [1.807, 2.05) is 0 Å². The third-order valence-electron chi connectivity index (χ3n) is 3.73. The average Bonchev–Trinajstić information content (AvgIpc) is 2.25. The van der Waals surface area contributed by atoms with Crippen LogP contribution in [0.3, 0.4) is 0 Å². The molecule has 0 spiro atoms. The Morgan fingerprint density at radius 1 is 1.24 bits per heavy atom. The largest absolute Gasteiger partial charge is 0.416 e. The predicted molar refractivity (Wildman–Crippen MR) is 60.6 cm³/mol. The minimum Gasteiger partial charge on any atom is -0.327 e. The van der Waals surface area contributed by atoms with E-state index in [4.69, 9.17) is 5.73 Å². The predicted octanol–water partition coefficient (Wildman–Crippen LogP) is 3.55. The lowest BCUT2D eigenvalue weighted by molar-refractivity contribution is -0.137. The number of rotatable bonds is 2. The molecule has 3 atom stereocenters. The van der Waals surface area contributed by atoms with Crippen LogP contribution in [0.4, 0.5) is 13.2 Å². The summed E-state index contributed by atoms with van der Waals surface area (Å²) in [5.74, 6) is 0.740. The van der Waals surface area contributed by atoms with E-state index < -0.39 is 11.7 Å². The summed E-state index contributed by atoms with van der Waals surface area (Å²) >= 11 is 0. The van der Waals surface area contributed by atoms with Crippen molar-refractivity contribution in [2.75, 3.05) is 0 Å². The van der Waals surface area contributed by atoms with Crippen molar-refractivity contribution in [1.82, 2.24) is 0 Å². The highest BCUT2D eigenvalue weighted by Crippen LogP contribution is 2.44. The van der Waals surface area contributed by atoms with Gasteiger partial charge in [-0.3, -0.25) is 0 Å². The van der Waals surface area contributed by atoms with Crippen molar-refractivity contribution in [1.29, 1.82) is 0 Å². The molecule has 1 aromatic rings. The molecule has 1 fully saturated rings. The van der Waals surface area contributed by atoms with Gasteiger partial charge >= 0.3 is 6.18 Å². The Morgan fingerprint density at radius 2 is 1.82 bits per heavy atom. The second kappa shape index (κ2) is 4.33. The van der Waals surface area contributed by atoms with Crippen LogP contribution in [-0.4, -0.2) is 6.04 Å². The first-order valence-corrected chi connectivity index (χ1v) is 5.86. The van der Waals surface area contributed by atoms with Gasteiger partial charge in [-0.15, -0.1) is 0 Å². The van der Waals surface area contributed by atoms with Gasteiger partial charge in [-0.25, -0.2) is 0 Å². The Labute approximate surface area is 98.8 Å². The standard InChI is InChI=1S/C13H16F3N/c1-2-10-11(7-12(10)17)8-3-5-9(6-4-8)13(14,15)16/h3-6,10-12H,2,7,17H2,1H3. The molecule has 2 N–H and O–H groups in total. The maximum Gasteiger partial charge on any atom is 0.416 e. The van der Waals surface area contributed by atoms with Gasteiger partial charge in [0, 0.05) is 6.04 Å². The zero-order valence-electron chi connectivity index (χ0n) is 9.67. The van der Waals surface area contributed by atoms with Gasteiger partial charge in [0.25, 0.3) is 0 Å². The molecule has 0 bridgehead atoms. The molecule has 3 unspecified atom stereocenters. The molecule has 2 rings (SSSR count). The maximum absolute atomic E-state index is 12.4. The molecular formula is C13H16F3N. The minimum atomic E-state index is -4.25. The van der Waals surface area contributed by atoms with Crippen molar-refractivity contribution >= 4 is 0 Å². The van der Waals surface area contributed by atoms with E-state index in [2.05, 4.69) is 6.92 Å². The number of benzene rings is 1. The van der Waals surface area contributed by atoms with Crippen LogP contribution in [0.1, 0.15) is 36.8 Å². The first kappa shape index (κ1) is 12.4. The summed E-state index contributed by atoms with van der Waals surface area (Å²) in [6.07, 6.45) is -2.39. The Kier molecular flexibility index (Phi) is 3.17. The molecule has 17 heavy (non-hydrogen) atoms. The smallest absolute Gasteiger partial charge is 0.327 e. The van der Waals surface area contributed by atoms with Crippen LogP contribution in [0, 0.1) is 5.92 Å². The van der Waals surface area contributed by atoms with Crippen molar-refractivity contribution in [3.8, 4) is 0 Å². The van der Waals surface area contributed by atoms with Crippen LogP contribution in [0.25, 0.3) is 0 Å². The molecule has 1 aliphatic carbocycles. The molecular weight excluding hydrogens is 227 g/mol. The van der Waals surface area contributed by atoms with E-state index in [-0.39, 0.29) is 6.04 Å². The first-order chi connectivity index (χ1) is 7.93. The molecule has 1 aliphatic rings. The van der Waals surface area contributed by atoms with Crippen molar-refractivity contribution in [3.63, 3.8) is 0 Å². The summed E-state index contributed by atoms with van der Waals surface area (Å²) < 4.78 is 37.2. The molecule has 0 radical (unpaired) electrons. The summed E-state index contributed by atoms with van der Waals surface area (Å²) in [6.45, 7) is 2.07. The quantitative estimate of drug-likeness (QED) is 0.844. The van der Waals surface area contributed by atoms with Gasteiger partial charge in [0.1, 0.15) is 0 Å². The molecule has 0 amide bonds. The molecule has 0 aliphatic heterocycles. The number of alkyl halides is 3. The topological polar surface area (TPSA) is 26.0 Å². The maximum atomic E-state index is 12.4. The Morgan fingerprint density at radius 3 is 2.24 bits per heavy atom. The lowest BCUT2D eigenvalue weighted by Gasteiger charge is -2.42. The number of hydrogen-bond donors (Lipinski definition) is 1. The zero-order valence-corrected chi connectivity index (χ0v) is 9.67. The highest BCUT2D eigenvalue weighted by molar-refractivity contribution is 5.29. The van der Waals surface area contributed by atoms with Crippen LogP contribution >= 0.6 is 0 Å². The fourth-order valence-electron chi connectivity index (χ4n) is 2.64. The molecule has 0 saturated heterocycles. The SMILES string of the molecule is CCC1C(N)CC1c1ccc(C(F)(F)F)cc1. The Balaban J connectivity index is 2.14. The molecule has 1 saturated carbocycles. The van der Waals surface area contributed by atoms with E-state index in [0.717, 1.165) is 30.5 Å². The molecule has 94 valence electrons. The van der Waals surface area contributed by atoms with Crippen LogP contribution in [0.15, 0.2) is 24.3 Å². The normalized spacial score (nSPS) is 28.9. The van der Waals surface area contributed by atoms with Gasteiger partial charge < -0.3 is 5.73 Å². The highest BCUT2D eigenvalue weighted by atomic mass is 19.4. The fourth-order valence-corrected chi connectivity index (χ4v) is 2.64. The van der Waals surface area contributed by atoms with E-state index in [0.29, 0.717) is 11.8 Å². The van der Waals surface area contributed by atoms with Gasteiger partial charge in [-0.2, -0.15) is 13.2 Å². The Bertz CT molecular complexity index is 383. The second-order valence-electron chi connectivity index (χ2n) is 4.70. The van der Waals surface area contributed by atoms with Crippen molar-refractivity contribution in [2.45, 2.75) is 37.9 Å². The number of halogens is 3. The number of hydrogen-bond acceptors (Lipinski definition) is 1. The van der Waals surface area contributed by atoms with Gasteiger partial charge in [-0.05, 0) is 36.0 Å². The highest BCUT2D eigenvalue weighted by Gasteiger charge is 2.38. The second-order valence-corrected chi connectivity index (χ2v) is 4.70.